The molecule has 94 valence electrons. The zero-order chi connectivity index (χ0) is 12.3. The van der Waals surface area contributed by atoms with Gasteiger partial charge in [0, 0.05) is 18.8 Å². The lowest BCUT2D eigenvalue weighted by Crippen LogP contribution is -2.14. The second-order valence-electron chi connectivity index (χ2n) is 4.21. The third kappa shape index (κ3) is 3.06. The van der Waals surface area contributed by atoms with E-state index >= 15 is 0 Å². The smallest absolute Gasteiger partial charge is 0.151 e. The fourth-order valence-electron chi connectivity index (χ4n) is 1.99. The fourth-order valence-corrected chi connectivity index (χ4v) is 1.99. The predicted octanol–water partition coefficient (Wildman–Crippen LogP) is 2.53. The average Bonchev–Trinajstić information content (AvgIpc) is 2.74. The molecule has 0 radical (unpaired) electrons. The van der Waals surface area contributed by atoms with E-state index in [9.17, 15) is 8.78 Å². The van der Waals surface area contributed by atoms with Crippen molar-refractivity contribution in [2.45, 2.75) is 25.4 Å². The fraction of sp³-hybridized carbons (Fsp3) is 0.500. The van der Waals surface area contributed by atoms with Crippen LogP contribution in [0, 0.1) is 11.6 Å². The van der Waals surface area contributed by atoms with Crippen LogP contribution in [-0.4, -0.2) is 19.3 Å². The van der Waals surface area contributed by atoms with Crippen molar-refractivity contribution in [2.24, 2.45) is 0 Å². The van der Waals surface area contributed by atoms with Crippen LogP contribution in [0.25, 0.3) is 0 Å². The zero-order valence-electron chi connectivity index (χ0n) is 9.51. The van der Waals surface area contributed by atoms with Gasteiger partial charge in [0.05, 0.1) is 6.10 Å². The molecule has 2 rings (SSSR count). The Bertz CT molecular complexity index is 369. The van der Waals surface area contributed by atoms with Gasteiger partial charge in [-0.05, 0) is 31.4 Å². The van der Waals surface area contributed by atoms with Crippen LogP contribution >= 0.6 is 0 Å². The molecule has 0 bridgehead atoms. The zero-order valence-corrected chi connectivity index (χ0v) is 9.51. The molecule has 1 fully saturated rings. The summed E-state index contributed by atoms with van der Waals surface area (Å²) in [6.45, 7) is 1.28. The van der Waals surface area contributed by atoms with Crippen molar-refractivity contribution >= 4 is 11.4 Å². The number of nitrogen functional groups attached to an aromatic ring is 1. The topological polar surface area (TPSA) is 47.3 Å². The average molecular weight is 242 g/mol. The van der Waals surface area contributed by atoms with Gasteiger partial charge in [-0.2, -0.15) is 0 Å². The molecule has 1 aliphatic heterocycles. The minimum atomic E-state index is -0.658. The van der Waals surface area contributed by atoms with Crippen LogP contribution in [0.5, 0.6) is 0 Å². The molecular weight excluding hydrogens is 226 g/mol. The van der Waals surface area contributed by atoms with Crippen molar-refractivity contribution < 1.29 is 13.5 Å². The molecule has 1 aromatic rings. The summed E-state index contributed by atoms with van der Waals surface area (Å²) in [4.78, 5) is 0. The quantitative estimate of drug-likeness (QED) is 0.797. The van der Waals surface area contributed by atoms with Gasteiger partial charge in [0.15, 0.2) is 11.6 Å². The second kappa shape index (κ2) is 5.31. The number of nitrogens with two attached hydrogens (primary N) is 1. The van der Waals surface area contributed by atoms with Gasteiger partial charge in [-0.3, -0.25) is 0 Å². The van der Waals surface area contributed by atoms with Crippen molar-refractivity contribution in [3.63, 3.8) is 0 Å². The van der Waals surface area contributed by atoms with Crippen molar-refractivity contribution in [3.8, 4) is 0 Å². The number of ether oxygens (including phenoxy) is 1. The first kappa shape index (κ1) is 12.1. The molecule has 3 nitrogen and oxygen atoms in total. The Morgan fingerprint density at radius 3 is 2.65 bits per heavy atom. The molecular formula is C12H16F2N2O. The Labute approximate surface area is 98.9 Å². The summed E-state index contributed by atoms with van der Waals surface area (Å²) in [6, 6.07) is 2.22. The highest BCUT2D eigenvalue weighted by Gasteiger charge is 2.16. The van der Waals surface area contributed by atoms with Gasteiger partial charge >= 0.3 is 0 Å². The van der Waals surface area contributed by atoms with Gasteiger partial charge in [-0.25, -0.2) is 8.78 Å². The first-order valence-electron chi connectivity index (χ1n) is 5.77. The predicted molar refractivity (Wildman–Crippen MR) is 62.9 cm³/mol. The van der Waals surface area contributed by atoms with E-state index in [1.807, 2.05) is 0 Å². The summed E-state index contributed by atoms with van der Waals surface area (Å²) in [5.41, 5.74) is 5.30. The lowest BCUT2D eigenvalue weighted by atomic mass is 10.2. The number of anilines is 2. The Morgan fingerprint density at radius 1 is 1.35 bits per heavy atom. The number of halogens is 2. The maximum Gasteiger partial charge on any atom is 0.151 e. The van der Waals surface area contributed by atoms with Crippen molar-refractivity contribution in [2.75, 3.05) is 24.2 Å². The molecule has 5 heteroatoms. The first-order chi connectivity index (χ1) is 8.16. The lowest BCUT2D eigenvalue weighted by Gasteiger charge is -2.12. The SMILES string of the molecule is Nc1cc(F)c(NCCC2CCCO2)c(F)c1. The number of rotatable bonds is 4. The highest BCUT2D eigenvalue weighted by Crippen LogP contribution is 2.22. The van der Waals surface area contributed by atoms with Crippen LogP contribution in [0.15, 0.2) is 12.1 Å². The summed E-state index contributed by atoms with van der Waals surface area (Å²) in [5, 5.41) is 2.75. The van der Waals surface area contributed by atoms with Gasteiger partial charge in [0.2, 0.25) is 0 Å². The summed E-state index contributed by atoms with van der Waals surface area (Å²) in [5.74, 6) is -1.32. The molecule has 1 heterocycles. The summed E-state index contributed by atoms with van der Waals surface area (Å²) < 4.78 is 32.2. The van der Waals surface area contributed by atoms with E-state index in [2.05, 4.69) is 5.32 Å². The molecule has 1 aromatic carbocycles. The van der Waals surface area contributed by atoms with Crippen LogP contribution in [0.4, 0.5) is 20.2 Å². The minimum absolute atomic E-state index is 0.0877. The van der Waals surface area contributed by atoms with Crippen LogP contribution in [0.3, 0.4) is 0 Å². The molecule has 1 atom stereocenters. The third-order valence-corrected chi connectivity index (χ3v) is 2.86. The third-order valence-electron chi connectivity index (χ3n) is 2.86. The molecule has 0 aliphatic carbocycles. The summed E-state index contributed by atoms with van der Waals surface area (Å²) in [6.07, 6.45) is 3.05. The van der Waals surface area contributed by atoms with Gasteiger partial charge in [-0.1, -0.05) is 0 Å². The van der Waals surface area contributed by atoms with Crippen LogP contribution in [-0.2, 0) is 4.74 Å². The molecule has 3 N–H and O–H groups in total. The Hall–Kier alpha value is -1.36. The van der Waals surface area contributed by atoms with Crippen molar-refractivity contribution in [1.29, 1.82) is 0 Å². The number of hydrogen-bond acceptors (Lipinski definition) is 3. The maximum atomic E-state index is 13.4. The first-order valence-corrected chi connectivity index (χ1v) is 5.77. The van der Waals surface area contributed by atoms with Gasteiger partial charge in [0.25, 0.3) is 0 Å². The molecule has 1 aliphatic rings. The number of benzene rings is 1. The van der Waals surface area contributed by atoms with E-state index in [0.29, 0.717) is 6.54 Å². The van der Waals surface area contributed by atoms with Gasteiger partial charge in [0.1, 0.15) is 5.69 Å². The van der Waals surface area contributed by atoms with E-state index in [0.717, 1.165) is 38.0 Å². The standard InChI is InChI=1S/C12H16F2N2O/c13-10-6-8(15)7-11(14)12(10)16-4-3-9-2-1-5-17-9/h6-7,9,16H,1-5,15H2. The van der Waals surface area contributed by atoms with Gasteiger partial charge in [-0.15, -0.1) is 0 Å². The van der Waals surface area contributed by atoms with Crippen LogP contribution < -0.4 is 11.1 Å². The van der Waals surface area contributed by atoms with E-state index in [1.165, 1.54) is 0 Å². The molecule has 1 saturated heterocycles. The normalized spacial score (nSPS) is 19.5. The molecule has 0 spiro atoms. The number of hydrogen-bond donors (Lipinski definition) is 2. The van der Waals surface area contributed by atoms with E-state index in [1.54, 1.807) is 0 Å². The highest BCUT2D eigenvalue weighted by atomic mass is 19.1. The molecule has 0 aromatic heterocycles. The van der Waals surface area contributed by atoms with E-state index in [-0.39, 0.29) is 17.5 Å². The van der Waals surface area contributed by atoms with Crippen molar-refractivity contribution in [3.05, 3.63) is 23.8 Å². The monoisotopic (exact) mass is 242 g/mol. The molecule has 1 unspecified atom stereocenters. The summed E-state index contributed by atoms with van der Waals surface area (Å²) >= 11 is 0. The highest BCUT2D eigenvalue weighted by molar-refractivity contribution is 5.53. The molecule has 0 saturated carbocycles. The van der Waals surface area contributed by atoms with Crippen molar-refractivity contribution in [1.82, 2.24) is 0 Å². The van der Waals surface area contributed by atoms with Crippen LogP contribution in [0.1, 0.15) is 19.3 Å². The van der Waals surface area contributed by atoms with Gasteiger partial charge < -0.3 is 15.8 Å². The molecule has 0 amide bonds. The molecule has 17 heavy (non-hydrogen) atoms. The number of nitrogens with one attached hydrogen (secondary N) is 1. The Kier molecular flexibility index (Phi) is 3.78. The minimum Gasteiger partial charge on any atom is -0.399 e. The van der Waals surface area contributed by atoms with E-state index in [4.69, 9.17) is 10.5 Å². The maximum absolute atomic E-state index is 13.4. The Balaban J connectivity index is 1.89. The summed E-state index contributed by atoms with van der Waals surface area (Å²) in [7, 11) is 0. The second-order valence-corrected chi connectivity index (χ2v) is 4.21. The Morgan fingerprint density at radius 2 is 2.06 bits per heavy atom. The van der Waals surface area contributed by atoms with Crippen LogP contribution in [0.2, 0.25) is 0 Å². The van der Waals surface area contributed by atoms with E-state index < -0.39 is 11.6 Å². The lowest BCUT2D eigenvalue weighted by molar-refractivity contribution is 0.107. The largest absolute Gasteiger partial charge is 0.399 e.